The second-order valence-electron chi connectivity index (χ2n) is 11.6. The second-order valence-corrected chi connectivity index (χ2v) is 11.6. The summed E-state index contributed by atoms with van der Waals surface area (Å²) in [5.41, 5.74) is 1.67. The average Bonchev–Trinajstić information content (AvgIpc) is 3.04. The number of carbonyl (C=O) groups excluding carboxylic acids is 1. The number of carbonyl (C=O) groups is 1. The fraction of sp³-hybridized carbons (Fsp3) is 0.704. The highest BCUT2D eigenvalue weighted by Gasteiger charge is 2.34. The van der Waals surface area contributed by atoms with Gasteiger partial charge in [0.15, 0.2) is 5.78 Å². The molecule has 1 unspecified atom stereocenters. The molecular weight excluding hydrogens is 398 g/mol. The van der Waals surface area contributed by atoms with Gasteiger partial charge in [0.05, 0.1) is 12.6 Å². The predicted octanol–water partition coefficient (Wildman–Crippen LogP) is 5.59. The summed E-state index contributed by atoms with van der Waals surface area (Å²) in [6.45, 7) is 18.7. The van der Waals surface area contributed by atoms with Crippen molar-refractivity contribution in [1.82, 2.24) is 9.80 Å². The van der Waals surface area contributed by atoms with Crippen LogP contribution in [0.25, 0.3) is 0 Å². The van der Waals surface area contributed by atoms with Crippen LogP contribution in [0.2, 0.25) is 0 Å². The van der Waals surface area contributed by atoms with Gasteiger partial charge in [0.25, 0.3) is 0 Å². The molecule has 0 amide bonds. The number of aromatic hydroxyl groups is 1. The molecule has 1 heterocycles. The Morgan fingerprint density at radius 2 is 1.62 bits per heavy atom. The molecule has 1 aromatic carbocycles. The summed E-state index contributed by atoms with van der Waals surface area (Å²) in [4.78, 5) is 17.5. The van der Waals surface area contributed by atoms with Crippen molar-refractivity contribution < 1.29 is 9.90 Å². The number of likely N-dealkylation sites (N-methyl/N-ethyl adjacent to an activating group) is 1. The molecule has 1 atom stereocenters. The number of ketones is 1. The van der Waals surface area contributed by atoms with Crippen molar-refractivity contribution in [2.24, 2.45) is 5.92 Å². The van der Waals surface area contributed by atoms with Crippen molar-refractivity contribution in [1.29, 1.82) is 5.41 Å². The number of amidine groups is 1. The summed E-state index contributed by atoms with van der Waals surface area (Å²) < 4.78 is 0. The maximum atomic E-state index is 13.3. The van der Waals surface area contributed by atoms with Crippen LogP contribution in [0.1, 0.15) is 96.1 Å². The molecule has 32 heavy (non-hydrogen) atoms. The maximum Gasteiger partial charge on any atom is 0.182 e. The van der Waals surface area contributed by atoms with Crippen LogP contribution in [0, 0.1) is 11.3 Å². The monoisotopic (exact) mass is 443 g/mol. The summed E-state index contributed by atoms with van der Waals surface area (Å²) in [6.07, 6.45) is 3.19. The molecule has 0 aliphatic carbocycles. The third kappa shape index (κ3) is 5.92. The third-order valence-electron chi connectivity index (χ3n) is 6.94. The molecule has 180 valence electrons. The van der Waals surface area contributed by atoms with E-state index in [-0.39, 0.29) is 29.2 Å². The van der Waals surface area contributed by atoms with Crippen LogP contribution < -0.4 is 0 Å². The van der Waals surface area contributed by atoms with Crippen molar-refractivity contribution in [3.05, 3.63) is 28.8 Å². The normalized spacial score (nSPS) is 17.7. The second kappa shape index (κ2) is 9.94. The highest BCUT2D eigenvalue weighted by molar-refractivity contribution is 6.01. The van der Waals surface area contributed by atoms with Crippen LogP contribution in [-0.4, -0.2) is 59.2 Å². The number of nitrogens with zero attached hydrogens (tertiary/aromatic N) is 2. The first-order valence-corrected chi connectivity index (χ1v) is 12.1. The molecule has 2 rings (SSSR count). The molecule has 0 bridgehead atoms. The summed E-state index contributed by atoms with van der Waals surface area (Å²) in [5.74, 6) is 1.50. The van der Waals surface area contributed by atoms with Gasteiger partial charge < -0.3 is 10.0 Å². The quantitative estimate of drug-likeness (QED) is 0.514. The lowest BCUT2D eigenvalue weighted by molar-refractivity contribution is 0.0965. The van der Waals surface area contributed by atoms with E-state index in [0.29, 0.717) is 23.1 Å². The summed E-state index contributed by atoms with van der Waals surface area (Å²) in [5, 5.41) is 19.7. The number of phenolic OH excluding ortho intramolecular Hbond substituents is 1. The minimum Gasteiger partial charge on any atom is -0.507 e. The van der Waals surface area contributed by atoms with Gasteiger partial charge in [0.1, 0.15) is 11.6 Å². The van der Waals surface area contributed by atoms with Gasteiger partial charge in [-0.25, -0.2) is 0 Å². The first kappa shape index (κ1) is 26.4. The fourth-order valence-corrected chi connectivity index (χ4v) is 4.62. The highest BCUT2D eigenvalue weighted by Crippen LogP contribution is 2.40. The standard InChI is InChI=1S/C27H45N3O2/c1-10-18(11-2)16-29(9)22-12-13-30(25(22)28)17-23(31)19-14-20(26(3,4)5)24(32)21(15-19)27(6,7)8/h14-15,18,22,28,32H,10-13,16-17H2,1-9H3. The molecule has 0 spiro atoms. The molecule has 1 aromatic rings. The lowest BCUT2D eigenvalue weighted by atomic mass is 9.78. The van der Waals surface area contributed by atoms with Crippen molar-refractivity contribution in [2.45, 2.75) is 91.5 Å². The van der Waals surface area contributed by atoms with Crippen LogP contribution in [-0.2, 0) is 10.8 Å². The lowest BCUT2D eigenvalue weighted by Gasteiger charge is -2.29. The number of hydrogen-bond donors (Lipinski definition) is 2. The van der Waals surface area contributed by atoms with Crippen molar-refractivity contribution in [3.8, 4) is 5.75 Å². The van der Waals surface area contributed by atoms with Gasteiger partial charge in [-0.05, 0) is 42.3 Å². The number of likely N-dealkylation sites (tertiary alicyclic amines) is 1. The topological polar surface area (TPSA) is 67.6 Å². The van der Waals surface area contributed by atoms with Crippen LogP contribution in [0.15, 0.2) is 12.1 Å². The number of nitrogens with one attached hydrogen (secondary N) is 1. The lowest BCUT2D eigenvalue weighted by Crippen LogP contribution is -2.42. The van der Waals surface area contributed by atoms with Gasteiger partial charge in [-0.3, -0.25) is 15.1 Å². The van der Waals surface area contributed by atoms with Crippen LogP contribution in [0.3, 0.4) is 0 Å². The minimum atomic E-state index is -0.274. The minimum absolute atomic E-state index is 0.00838. The Balaban J connectivity index is 2.23. The number of benzene rings is 1. The van der Waals surface area contributed by atoms with E-state index in [1.807, 2.05) is 17.0 Å². The van der Waals surface area contributed by atoms with E-state index in [0.717, 1.165) is 43.5 Å². The Morgan fingerprint density at radius 3 is 2.06 bits per heavy atom. The molecule has 0 aromatic heterocycles. The third-order valence-corrected chi connectivity index (χ3v) is 6.94. The SMILES string of the molecule is CCC(CC)CN(C)C1CCN(CC(=O)c2cc(C(C)(C)C)c(O)c(C(C)(C)C)c2)C1=N. The fourth-order valence-electron chi connectivity index (χ4n) is 4.62. The number of hydrogen-bond acceptors (Lipinski definition) is 4. The summed E-state index contributed by atoms with van der Waals surface area (Å²) >= 11 is 0. The number of Topliss-reactive ketones (excluding diaryl/α,β-unsaturated/α-hetero) is 1. The average molecular weight is 444 g/mol. The first-order chi connectivity index (χ1) is 14.7. The van der Waals surface area contributed by atoms with Gasteiger partial charge in [-0.1, -0.05) is 68.2 Å². The molecule has 1 aliphatic rings. The van der Waals surface area contributed by atoms with Crippen molar-refractivity contribution in [3.63, 3.8) is 0 Å². The Bertz CT molecular complexity index is 793. The van der Waals surface area contributed by atoms with E-state index in [1.165, 1.54) is 0 Å². The van der Waals surface area contributed by atoms with E-state index in [2.05, 4.69) is 67.3 Å². The Kier molecular flexibility index (Phi) is 8.20. The Hall–Kier alpha value is -1.88. The van der Waals surface area contributed by atoms with Gasteiger partial charge in [-0.15, -0.1) is 0 Å². The zero-order valence-corrected chi connectivity index (χ0v) is 21.8. The van der Waals surface area contributed by atoms with Crippen LogP contribution >= 0.6 is 0 Å². The van der Waals surface area contributed by atoms with E-state index < -0.39 is 0 Å². The Morgan fingerprint density at radius 1 is 1.12 bits per heavy atom. The van der Waals surface area contributed by atoms with E-state index in [1.54, 1.807) is 0 Å². The largest absolute Gasteiger partial charge is 0.507 e. The first-order valence-electron chi connectivity index (χ1n) is 12.1. The van der Waals surface area contributed by atoms with E-state index in [9.17, 15) is 9.90 Å². The zero-order chi connectivity index (χ0) is 24.4. The molecular formula is C27H45N3O2. The molecule has 0 radical (unpaired) electrons. The zero-order valence-electron chi connectivity index (χ0n) is 21.8. The molecule has 0 saturated carbocycles. The van der Waals surface area contributed by atoms with Crippen LogP contribution in [0.5, 0.6) is 5.75 Å². The van der Waals surface area contributed by atoms with Crippen molar-refractivity contribution >= 4 is 11.6 Å². The smallest absolute Gasteiger partial charge is 0.182 e. The molecule has 5 heteroatoms. The van der Waals surface area contributed by atoms with Gasteiger partial charge in [0, 0.05) is 29.8 Å². The van der Waals surface area contributed by atoms with E-state index >= 15 is 0 Å². The summed E-state index contributed by atoms with van der Waals surface area (Å²) in [6, 6.07) is 3.78. The van der Waals surface area contributed by atoms with Gasteiger partial charge >= 0.3 is 0 Å². The molecule has 1 saturated heterocycles. The molecule has 1 fully saturated rings. The highest BCUT2D eigenvalue weighted by atomic mass is 16.3. The maximum absolute atomic E-state index is 13.3. The van der Waals surface area contributed by atoms with E-state index in [4.69, 9.17) is 5.41 Å². The Labute approximate surface area is 195 Å². The van der Waals surface area contributed by atoms with Gasteiger partial charge in [-0.2, -0.15) is 0 Å². The number of phenols is 1. The summed E-state index contributed by atoms with van der Waals surface area (Å²) in [7, 11) is 2.11. The number of rotatable bonds is 8. The predicted molar refractivity (Wildman–Crippen MR) is 134 cm³/mol. The molecule has 1 aliphatic heterocycles. The van der Waals surface area contributed by atoms with Crippen molar-refractivity contribution in [2.75, 3.05) is 26.7 Å². The van der Waals surface area contributed by atoms with Gasteiger partial charge in [0.2, 0.25) is 0 Å². The van der Waals surface area contributed by atoms with Crippen LogP contribution in [0.4, 0.5) is 0 Å². The molecule has 5 nitrogen and oxygen atoms in total. The molecule has 2 N–H and O–H groups in total.